The van der Waals surface area contributed by atoms with E-state index < -0.39 is 66.6 Å². The third-order valence-corrected chi connectivity index (χ3v) is 7.05. The van der Waals surface area contributed by atoms with Crippen molar-refractivity contribution in [3.63, 3.8) is 0 Å². The second-order valence-corrected chi connectivity index (χ2v) is 9.68. The number of hydrogen-bond donors (Lipinski definition) is 0. The van der Waals surface area contributed by atoms with Gasteiger partial charge in [0.05, 0.1) is 12.0 Å². The van der Waals surface area contributed by atoms with Crippen LogP contribution in [-0.4, -0.2) is 67.8 Å². The maximum Gasteiger partial charge on any atom is 0.377 e. The number of alkyl halides is 2. The minimum Gasteiger partial charge on any atom is -0.463 e. The van der Waals surface area contributed by atoms with E-state index >= 15 is 0 Å². The molecule has 0 aromatic heterocycles. The first kappa shape index (κ1) is 24.3. The molecule has 1 aliphatic heterocycles. The average Bonchev–Trinajstić information content (AvgIpc) is 3.15. The van der Waals surface area contributed by atoms with Crippen molar-refractivity contribution in [2.24, 2.45) is 23.2 Å². The molecule has 4 aliphatic carbocycles. The van der Waals surface area contributed by atoms with E-state index in [1.807, 2.05) is 0 Å². The van der Waals surface area contributed by atoms with Gasteiger partial charge in [0.1, 0.15) is 6.10 Å². The van der Waals surface area contributed by atoms with Crippen LogP contribution in [0.4, 0.5) is 8.78 Å². The van der Waals surface area contributed by atoms with Crippen LogP contribution < -0.4 is 0 Å². The number of ether oxygens (including phenoxy) is 5. The van der Waals surface area contributed by atoms with Gasteiger partial charge in [0.2, 0.25) is 6.10 Å². The SMILES string of the molecule is CC(F)(F)C(=O)OCC(=O)OC1C2CC3CC1CC(C(=O)OCC(=O)OC1CCOC1=O)(C3)C2. The predicted octanol–water partition coefficient (Wildman–Crippen LogP) is 1.32. The molecule has 4 saturated carbocycles. The molecule has 4 bridgehead atoms. The van der Waals surface area contributed by atoms with Crippen LogP contribution in [0.15, 0.2) is 0 Å². The summed E-state index contributed by atoms with van der Waals surface area (Å²) in [6.07, 6.45) is 1.64. The second-order valence-electron chi connectivity index (χ2n) is 9.68. The maximum absolute atomic E-state index is 12.9. The lowest BCUT2D eigenvalue weighted by atomic mass is 9.48. The maximum atomic E-state index is 12.9. The van der Waals surface area contributed by atoms with Crippen molar-refractivity contribution < 1.29 is 56.4 Å². The Morgan fingerprint density at radius 3 is 2.21 bits per heavy atom. The molecule has 3 unspecified atom stereocenters. The fraction of sp³-hybridized carbons (Fsp3) is 0.773. The van der Waals surface area contributed by atoms with Crippen LogP contribution in [-0.2, 0) is 47.7 Å². The Balaban J connectivity index is 1.29. The molecule has 5 aliphatic rings. The molecule has 188 valence electrons. The lowest BCUT2D eigenvalue weighted by Gasteiger charge is -2.57. The summed E-state index contributed by atoms with van der Waals surface area (Å²) in [6.45, 7) is -0.982. The van der Waals surface area contributed by atoms with E-state index in [-0.39, 0.29) is 30.8 Å². The standard InChI is InChI=1S/C22H26F2O10/c1-21(23,24)19(28)31-10-16(26)34-17-12-4-11-5-13(17)8-22(6-11,7-12)20(29)32-9-15(25)33-14-2-3-30-18(14)27/h11-14,17H,2-10H2,1H3. The van der Waals surface area contributed by atoms with E-state index in [9.17, 15) is 32.8 Å². The topological polar surface area (TPSA) is 132 Å². The minimum absolute atomic E-state index is 0.133. The zero-order chi connectivity index (χ0) is 24.7. The molecule has 0 aromatic carbocycles. The Labute approximate surface area is 193 Å². The fourth-order valence-electron chi connectivity index (χ4n) is 5.91. The fourth-order valence-corrected chi connectivity index (χ4v) is 5.91. The summed E-state index contributed by atoms with van der Waals surface area (Å²) in [5, 5.41) is 0. The molecule has 3 atom stereocenters. The summed E-state index contributed by atoms with van der Waals surface area (Å²) < 4.78 is 50.5. The van der Waals surface area contributed by atoms with Crippen molar-refractivity contribution in [3.8, 4) is 0 Å². The van der Waals surface area contributed by atoms with Crippen LogP contribution in [0.2, 0.25) is 0 Å². The molecule has 0 aromatic rings. The molecule has 0 radical (unpaired) electrons. The Morgan fingerprint density at radius 1 is 1.00 bits per heavy atom. The highest BCUT2D eigenvalue weighted by atomic mass is 19.3. The molecule has 0 N–H and O–H groups in total. The third kappa shape index (κ3) is 5.00. The van der Waals surface area contributed by atoms with Gasteiger partial charge in [-0.3, -0.25) is 4.79 Å². The van der Waals surface area contributed by atoms with Gasteiger partial charge in [0.15, 0.2) is 13.2 Å². The molecular formula is C22H26F2O10. The van der Waals surface area contributed by atoms with Crippen LogP contribution in [0.25, 0.3) is 0 Å². The largest absolute Gasteiger partial charge is 0.463 e. The van der Waals surface area contributed by atoms with Crippen LogP contribution >= 0.6 is 0 Å². The van der Waals surface area contributed by atoms with Gasteiger partial charge in [0.25, 0.3) is 0 Å². The first-order valence-electron chi connectivity index (χ1n) is 11.2. The van der Waals surface area contributed by atoms with Crippen molar-refractivity contribution in [1.29, 1.82) is 0 Å². The molecule has 1 heterocycles. The zero-order valence-corrected chi connectivity index (χ0v) is 18.6. The van der Waals surface area contributed by atoms with Gasteiger partial charge in [-0.25, -0.2) is 19.2 Å². The predicted molar refractivity (Wildman–Crippen MR) is 104 cm³/mol. The van der Waals surface area contributed by atoms with Crippen molar-refractivity contribution >= 4 is 29.8 Å². The van der Waals surface area contributed by atoms with Crippen molar-refractivity contribution in [2.75, 3.05) is 19.8 Å². The van der Waals surface area contributed by atoms with Crippen LogP contribution in [0.1, 0.15) is 45.4 Å². The Morgan fingerprint density at radius 2 is 1.62 bits per heavy atom. The molecule has 1 saturated heterocycles. The highest BCUT2D eigenvalue weighted by molar-refractivity contribution is 5.84. The van der Waals surface area contributed by atoms with Gasteiger partial charge in [-0.15, -0.1) is 0 Å². The smallest absolute Gasteiger partial charge is 0.377 e. The van der Waals surface area contributed by atoms with Crippen LogP contribution in [0.3, 0.4) is 0 Å². The highest BCUT2D eigenvalue weighted by Gasteiger charge is 2.60. The summed E-state index contributed by atoms with van der Waals surface area (Å²) in [6, 6.07) is 0. The summed E-state index contributed by atoms with van der Waals surface area (Å²) in [4.78, 5) is 59.6. The first-order chi connectivity index (χ1) is 16.0. The van der Waals surface area contributed by atoms with Crippen LogP contribution in [0.5, 0.6) is 0 Å². The number of carbonyl (C=O) groups is 5. The molecule has 34 heavy (non-hydrogen) atoms. The van der Waals surface area contributed by atoms with Crippen molar-refractivity contribution in [1.82, 2.24) is 0 Å². The molecule has 0 amide bonds. The summed E-state index contributed by atoms with van der Waals surface area (Å²) in [5.41, 5.74) is -0.803. The van der Waals surface area contributed by atoms with Crippen molar-refractivity contribution in [3.05, 3.63) is 0 Å². The summed E-state index contributed by atoms with van der Waals surface area (Å²) in [5.74, 6) is -8.45. The van der Waals surface area contributed by atoms with Crippen molar-refractivity contribution in [2.45, 2.75) is 63.6 Å². The number of halogens is 2. The number of esters is 5. The van der Waals surface area contributed by atoms with E-state index in [0.717, 1.165) is 12.8 Å². The highest BCUT2D eigenvalue weighted by Crippen LogP contribution is 2.61. The molecule has 12 heteroatoms. The molecular weight excluding hydrogens is 462 g/mol. The first-order valence-corrected chi connectivity index (χ1v) is 11.2. The Bertz CT molecular complexity index is 865. The number of hydrogen-bond acceptors (Lipinski definition) is 10. The molecule has 0 spiro atoms. The second kappa shape index (κ2) is 9.10. The lowest BCUT2D eigenvalue weighted by molar-refractivity contribution is -0.201. The zero-order valence-electron chi connectivity index (χ0n) is 18.6. The van der Waals surface area contributed by atoms with Gasteiger partial charge in [0, 0.05) is 13.3 Å². The van der Waals surface area contributed by atoms with Crippen LogP contribution in [0, 0.1) is 23.2 Å². The number of rotatable bonds is 8. The van der Waals surface area contributed by atoms with Gasteiger partial charge < -0.3 is 23.7 Å². The summed E-state index contributed by atoms with van der Waals surface area (Å²) >= 11 is 0. The number of carbonyl (C=O) groups excluding carboxylic acids is 5. The normalized spacial score (nSPS) is 33.7. The monoisotopic (exact) mass is 488 g/mol. The van der Waals surface area contributed by atoms with E-state index in [2.05, 4.69) is 4.74 Å². The molecule has 5 fully saturated rings. The summed E-state index contributed by atoms with van der Waals surface area (Å²) in [7, 11) is 0. The third-order valence-electron chi connectivity index (χ3n) is 7.05. The van der Waals surface area contributed by atoms with E-state index in [1.54, 1.807) is 0 Å². The minimum atomic E-state index is -3.71. The van der Waals surface area contributed by atoms with E-state index in [1.165, 1.54) is 0 Å². The number of cyclic esters (lactones) is 1. The molecule has 10 nitrogen and oxygen atoms in total. The lowest BCUT2D eigenvalue weighted by Crippen LogP contribution is -2.57. The Kier molecular flexibility index (Phi) is 6.52. The van der Waals surface area contributed by atoms with E-state index in [4.69, 9.17) is 18.9 Å². The Hall–Kier alpha value is -2.79. The molecule has 5 rings (SSSR count). The van der Waals surface area contributed by atoms with E-state index in [0.29, 0.717) is 26.2 Å². The van der Waals surface area contributed by atoms with Gasteiger partial charge in [-0.05, 0) is 49.9 Å². The van der Waals surface area contributed by atoms with Gasteiger partial charge in [-0.1, -0.05) is 0 Å². The average molecular weight is 488 g/mol. The van der Waals surface area contributed by atoms with Gasteiger partial charge >= 0.3 is 35.8 Å². The van der Waals surface area contributed by atoms with Gasteiger partial charge in [-0.2, -0.15) is 8.78 Å². The quantitative estimate of drug-likeness (QED) is 0.364.